The molecule has 0 bridgehead atoms. The van der Waals surface area contributed by atoms with Gasteiger partial charge in [-0.2, -0.15) is 0 Å². The van der Waals surface area contributed by atoms with Crippen LogP contribution in [0, 0.1) is 29.6 Å². The quantitative estimate of drug-likeness (QED) is 0.0651. The number of cyclic esters (lactones) is 1. The molecule has 1 aliphatic heterocycles. The Morgan fingerprint density at radius 2 is 1.09 bits per heavy atom. The van der Waals surface area contributed by atoms with Crippen molar-refractivity contribution in [2.75, 3.05) is 13.2 Å². The van der Waals surface area contributed by atoms with Crippen molar-refractivity contribution in [2.24, 2.45) is 35.3 Å². The lowest BCUT2D eigenvalue weighted by Crippen LogP contribution is -2.63. The minimum Gasteiger partial charge on any atom is -0.481 e. The fourth-order valence-corrected chi connectivity index (χ4v) is 6.98. The van der Waals surface area contributed by atoms with Gasteiger partial charge in [-0.15, -0.1) is 0 Å². The van der Waals surface area contributed by atoms with Crippen LogP contribution in [0.5, 0.6) is 0 Å². The third kappa shape index (κ3) is 20.1. The van der Waals surface area contributed by atoms with Gasteiger partial charge in [0, 0.05) is 6.42 Å². The van der Waals surface area contributed by atoms with Crippen molar-refractivity contribution >= 4 is 59.2 Å². The number of rotatable bonds is 18. The summed E-state index contributed by atoms with van der Waals surface area (Å²) in [4.78, 5) is 136. The van der Waals surface area contributed by atoms with E-state index in [1.165, 1.54) is 6.92 Å². The average molecular weight is 956 g/mol. The Bertz CT molecular complexity index is 1730. The highest BCUT2D eigenvalue weighted by Gasteiger charge is 2.40. The molecule has 11 atom stereocenters. The van der Waals surface area contributed by atoms with E-state index in [0.29, 0.717) is 0 Å². The molecule has 0 aromatic heterocycles. The zero-order valence-electron chi connectivity index (χ0n) is 40.7. The number of aliphatic hydroxyl groups is 2. The van der Waals surface area contributed by atoms with Crippen LogP contribution >= 0.6 is 0 Å². The van der Waals surface area contributed by atoms with Crippen molar-refractivity contribution in [1.29, 1.82) is 0 Å². The van der Waals surface area contributed by atoms with Crippen LogP contribution < -0.4 is 48.3 Å². The Labute approximate surface area is 392 Å². The molecular formula is C44H77N9O14. The van der Waals surface area contributed by atoms with E-state index in [2.05, 4.69) is 42.5 Å². The fraction of sp³-hybridized carbons (Fsp3) is 0.773. The molecule has 23 heteroatoms. The Hall–Kier alpha value is -5.42. The van der Waals surface area contributed by atoms with Gasteiger partial charge in [0.2, 0.25) is 47.3 Å². The number of aliphatic carboxylic acids is 1. The highest BCUT2D eigenvalue weighted by atomic mass is 16.5. The number of carboxylic acid groups (broad SMARTS) is 1. The van der Waals surface area contributed by atoms with Crippen LogP contribution in [0.1, 0.15) is 115 Å². The molecule has 0 spiro atoms. The zero-order valence-corrected chi connectivity index (χ0v) is 40.7. The molecule has 0 radical (unpaired) electrons. The molecule has 0 unspecified atom stereocenters. The summed E-state index contributed by atoms with van der Waals surface area (Å²) in [6.45, 7) is 16.3. The monoisotopic (exact) mass is 956 g/mol. The molecule has 8 amide bonds. The summed E-state index contributed by atoms with van der Waals surface area (Å²) in [7, 11) is 0. The first-order valence-corrected chi connectivity index (χ1v) is 23.0. The van der Waals surface area contributed by atoms with Gasteiger partial charge in [-0.25, -0.2) is 4.79 Å². The van der Waals surface area contributed by atoms with Crippen molar-refractivity contribution in [3.05, 3.63) is 0 Å². The second-order valence-corrected chi connectivity index (χ2v) is 18.8. The smallest absolute Gasteiger partial charge is 0.329 e. The van der Waals surface area contributed by atoms with Crippen molar-refractivity contribution in [3.8, 4) is 0 Å². The average Bonchev–Trinajstić information content (AvgIpc) is 3.23. The third-order valence-corrected chi connectivity index (χ3v) is 11.0. The summed E-state index contributed by atoms with van der Waals surface area (Å²) in [6, 6.07) is -13.5. The van der Waals surface area contributed by atoms with E-state index in [-0.39, 0.29) is 43.4 Å². The van der Waals surface area contributed by atoms with E-state index in [4.69, 9.17) is 10.5 Å². The van der Waals surface area contributed by atoms with Gasteiger partial charge < -0.3 is 68.3 Å². The highest BCUT2D eigenvalue weighted by molar-refractivity contribution is 5.98. The van der Waals surface area contributed by atoms with Crippen molar-refractivity contribution in [3.63, 3.8) is 0 Å². The lowest BCUT2D eigenvalue weighted by Gasteiger charge is -2.32. The van der Waals surface area contributed by atoms with Crippen LogP contribution in [0.2, 0.25) is 0 Å². The summed E-state index contributed by atoms with van der Waals surface area (Å²) < 4.78 is 5.75. The number of carboxylic acids is 1. The molecule has 0 aliphatic carbocycles. The first-order valence-electron chi connectivity index (χ1n) is 23.0. The number of esters is 1. The topological polar surface area (TPSA) is 363 Å². The molecule has 1 rings (SSSR count). The van der Waals surface area contributed by atoms with Gasteiger partial charge in [0.15, 0.2) is 0 Å². The standard InChI is InChI=1S/C44H77N9O14/c1-12-24(10)34-44(66)67-25(11)35(53-37(59)27(13-14-32(56)57)46-36(58)26(45)15-20(2)3)43(65)51-33(23(8)9)42(64)48-29(17-22(6)7)39(61)49-30(18-54)40(62)47-28(16-21(4)5)38(60)50-31(19-55)41(63)52-34/h20-31,33-35,54-55H,12-19,45H2,1-11H3,(H,46,58)(H,47,62)(H,48,64)(H,49,61)(H,50,60)(H,51,65)(H,52,63)(H,53,59)(H,56,57)/t24-,25+,26-,27+,28-,29-,30+,31+,33+,34-,35+/m0/s1. The first kappa shape index (κ1) is 59.6. The summed E-state index contributed by atoms with van der Waals surface area (Å²) in [5, 5.41) is 49.7. The molecule has 1 saturated heterocycles. The maximum Gasteiger partial charge on any atom is 0.329 e. The van der Waals surface area contributed by atoms with E-state index in [0.717, 1.165) is 0 Å². The molecule has 67 heavy (non-hydrogen) atoms. The van der Waals surface area contributed by atoms with Crippen LogP contribution in [0.15, 0.2) is 0 Å². The van der Waals surface area contributed by atoms with E-state index < -0.39 is 158 Å². The first-order chi connectivity index (χ1) is 31.2. The van der Waals surface area contributed by atoms with Gasteiger partial charge in [0.1, 0.15) is 54.4 Å². The van der Waals surface area contributed by atoms with Crippen molar-refractivity contribution in [1.82, 2.24) is 42.5 Å². The SMILES string of the molecule is CC[C@H](C)[C@@H]1NC(=O)[C@@H](CO)NC(=O)[C@H](CC(C)C)NC(=O)[C@@H](CO)NC(=O)[C@H](CC(C)C)NC(=O)[C@@H](C(C)C)NC(=O)[C@H](NC(=O)[C@@H](CCC(=O)O)NC(=O)[C@@H](N)CC(C)C)[C@@H](C)OC1=O. The number of carbonyl (C=O) groups excluding carboxylic acids is 9. The predicted octanol–water partition coefficient (Wildman–Crippen LogP) is -2.17. The number of amides is 8. The van der Waals surface area contributed by atoms with Gasteiger partial charge >= 0.3 is 11.9 Å². The Kier molecular flexibility index (Phi) is 25.5. The van der Waals surface area contributed by atoms with Gasteiger partial charge in [-0.05, 0) is 62.2 Å². The van der Waals surface area contributed by atoms with Crippen LogP contribution in [-0.2, 0) is 52.7 Å². The van der Waals surface area contributed by atoms with Gasteiger partial charge in [0.05, 0.1) is 19.3 Å². The number of hydrogen-bond acceptors (Lipinski definition) is 14. The number of ether oxygens (including phenoxy) is 1. The van der Waals surface area contributed by atoms with Crippen molar-refractivity contribution < 1.29 is 68.0 Å². The number of nitrogens with one attached hydrogen (secondary N) is 8. The number of carbonyl (C=O) groups is 10. The Balaban J connectivity index is 4.03. The second-order valence-electron chi connectivity index (χ2n) is 18.8. The molecule has 13 N–H and O–H groups in total. The van der Waals surface area contributed by atoms with Gasteiger partial charge in [0.25, 0.3) is 0 Å². The largest absolute Gasteiger partial charge is 0.481 e. The molecular weight excluding hydrogens is 879 g/mol. The van der Waals surface area contributed by atoms with Crippen LogP contribution in [0.25, 0.3) is 0 Å². The lowest BCUT2D eigenvalue weighted by atomic mass is 9.98. The van der Waals surface area contributed by atoms with Crippen LogP contribution in [-0.4, -0.2) is 148 Å². The molecule has 0 saturated carbocycles. The van der Waals surface area contributed by atoms with Crippen LogP contribution in [0.3, 0.4) is 0 Å². The van der Waals surface area contributed by atoms with Crippen molar-refractivity contribution in [2.45, 2.75) is 175 Å². The minimum atomic E-state index is -1.87. The molecule has 23 nitrogen and oxygen atoms in total. The predicted molar refractivity (Wildman–Crippen MR) is 243 cm³/mol. The number of aliphatic hydroxyl groups excluding tert-OH is 2. The minimum absolute atomic E-state index is 0.00634. The summed E-state index contributed by atoms with van der Waals surface area (Å²) in [5.74, 6) is -12.0. The van der Waals surface area contributed by atoms with Gasteiger partial charge in [-0.3, -0.25) is 43.2 Å². The van der Waals surface area contributed by atoms with E-state index in [9.17, 15) is 63.3 Å². The van der Waals surface area contributed by atoms with Gasteiger partial charge in [-0.1, -0.05) is 75.7 Å². The van der Waals surface area contributed by atoms with Crippen LogP contribution in [0.4, 0.5) is 0 Å². The summed E-state index contributed by atoms with van der Waals surface area (Å²) >= 11 is 0. The second kappa shape index (κ2) is 28.7. The number of nitrogens with two attached hydrogens (primary N) is 1. The summed E-state index contributed by atoms with van der Waals surface area (Å²) in [5.41, 5.74) is 6.05. The molecule has 1 fully saturated rings. The number of hydrogen-bond donors (Lipinski definition) is 12. The normalized spacial score (nSPS) is 25.8. The maximum absolute atomic E-state index is 14.4. The molecule has 382 valence electrons. The molecule has 0 aromatic carbocycles. The maximum atomic E-state index is 14.4. The van der Waals surface area contributed by atoms with E-state index in [1.54, 1.807) is 55.4 Å². The molecule has 1 heterocycles. The van der Waals surface area contributed by atoms with E-state index in [1.807, 2.05) is 13.8 Å². The van der Waals surface area contributed by atoms with E-state index >= 15 is 0 Å². The fourth-order valence-electron chi connectivity index (χ4n) is 6.98. The Morgan fingerprint density at radius 3 is 1.52 bits per heavy atom. The summed E-state index contributed by atoms with van der Waals surface area (Å²) in [6.07, 6.45) is -2.18. The zero-order chi connectivity index (χ0) is 51.5. The lowest BCUT2D eigenvalue weighted by molar-refractivity contribution is -0.158. The highest BCUT2D eigenvalue weighted by Crippen LogP contribution is 2.16. The molecule has 0 aromatic rings. The Morgan fingerprint density at radius 1 is 0.642 bits per heavy atom. The third-order valence-electron chi connectivity index (χ3n) is 11.0. The molecule has 1 aliphatic rings.